The van der Waals surface area contributed by atoms with Crippen LogP contribution in [0, 0.1) is 41.7 Å². The summed E-state index contributed by atoms with van der Waals surface area (Å²) >= 11 is 0. The van der Waals surface area contributed by atoms with Gasteiger partial charge in [-0.05, 0) is 0 Å². The number of rotatable bonds is 0. The van der Waals surface area contributed by atoms with E-state index < -0.39 is 5.97 Å². The van der Waals surface area contributed by atoms with Gasteiger partial charge in [0.25, 0.3) is 5.97 Å². The van der Waals surface area contributed by atoms with Gasteiger partial charge < -0.3 is 32.5 Å². The third-order valence-corrected chi connectivity index (χ3v) is 0. The van der Waals surface area contributed by atoms with E-state index in [1.54, 1.807) is 0 Å². The molecule has 0 spiro atoms. The average molecular weight is 290 g/mol. The second-order valence-electron chi connectivity index (χ2n) is 0.519. The van der Waals surface area contributed by atoms with Crippen LogP contribution >= 0.6 is 0 Å². The minimum absolute atomic E-state index is 0. The number of carboxylic acid groups (broad SMARTS) is 1. The third-order valence-electron chi connectivity index (χ3n) is 0. The Hall–Kier alpha value is 0.647. The van der Waals surface area contributed by atoms with Crippen molar-refractivity contribution >= 4 is 5.97 Å². The average Bonchev–Trinajstić information content (AvgIpc) is 0.811. The van der Waals surface area contributed by atoms with Crippen molar-refractivity contribution in [2.24, 2.45) is 0 Å². The normalized spacial score (nSPS) is 2.50. The van der Waals surface area contributed by atoms with E-state index in [-0.39, 0.29) is 69.1 Å². The van der Waals surface area contributed by atoms with Gasteiger partial charge in [0.1, 0.15) is 0 Å². The Balaban J connectivity index is -0.00000000300. The van der Waals surface area contributed by atoms with Crippen LogP contribution in [0.3, 0.4) is 0 Å². The predicted octanol–water partition coefficient (Wildman–Crippen LogP) is -4.03. The number of carbonyl (C=O) groups is 1. The third kappa shape index (κ3) is 1210. The number of hydrogen-bond donors (Lipinski definition) is 1. The smallest absolute Gasteiger partial charge is 0.300 e. The molecule has 0 amide bonds. The summed E-state index contributed by atoms with van der Waals surface area (Å²) in [5, 5.41) is 7.42. The summed E-state index contributed by atoms with van der Waals surface area (Å²) in [5.41, 5.74) is 0. The van der Waals surface area contributed by atoms with Gasteiger partial charge >= 0.3 is 0 Å². The molecule has 0 aromatic carbocycles. The van der Waals surface area contributed by atoms with E-state index in [2.05, 4.69) is 0 Å². The first kappa shape index (κ1) is 74.5. The summed E-state index contributed by atoms with van der Waals surface area (Å²) in [6.45, 7) is 1.08. The maximum atomic E-state index is 9.00. The van der Waals surface area contributed by atoms with Crippen molar-refractivity contribution in [1.82, 2.24) is 0 Å². The minimum atomic E-state index is -0.833. The Morgan fingerprint density at radius 1 is 1.00 bits per heavy atom. The topological polar surface area (TPSA) is 195 Å². The van der Waals surface area contributed by atoms with Crippen LogP contribution in [0.5, 0.6) is 0 Å². The first-order valence-electron chi connectivity index (χ1n) is 0.928. The minimum Gasteiger partial charge on any atom is -0.481 e. The molecule has 0 aliphatic heterocycles. The van der Waals surface area contributed by atoms with Crippen LogP contribution < -0.4 is 0 Å². The van der Waals surface area contributed by atoms with Gasteiger partial charge in [0, 0.05) is 48.7 Å². The molecule has 8 heteroatoms. The van der Waals surface area contributed by atoms with Crippen LogP contribution in [0.15, 0.2) is 0 Å². The summed E-state index contributed by atoms with van der Waals surface area (Å²) < 4.78 is 0. The number of aliphatic carboxylic acids is 1. The molecule has 0 unspecified atom stereocenters. The largest absolute Gasteiger partial charge is 0.481 e. The van der Waals surface area contributed by atoms with Gasteiger partial charge in [-0.25, -0.2) is 0 Å². The van der Waals surface area contributed by atoms with Crippen molar-refractivity contribution < 1.29 is 79.0 Å². The molecule has 0 bridgehead atoms. The molecule has 10 heavy (non-hydrogen) atoms. The molecule has 0 aromatic rings. The van der Waals surface area contributed by atoms with Crippen LogP contribution in [0.2, 0.25) is 0 Å². The Labute approximate surface area is 91.3 Å². The first-order chi connectivity index (χ1) is 1.73. The molecular formula is C2H14CeO7. The summed E-state index contributed by atoms with van der Waals surface area (Å²) in [5.74, 6) is -0.833. The Kier molecular flexibility index (Phi) is 404. The zero-order valence-electron chi connectivity index (χ0n) is 5.36. The fraction of sp³-hybridized carbons (Fsp3) is 0.500. The van der Waals surface area contributed by atoms with Gasteiger partial charge in [-0.3, -0.25) is 4.79 Å². The molecule has 0 aliphatic carbocycles. The van der Waals surface area contributed by atoms with Crippen molar-refractivity contribution in [3.8, 4) is 0 Å². The molecular weight excluding hydrogens is 276 g/mol. The molecule has 0 radical (unpaired) electrons. The zero-order valence-corrected chi connectivity index (χ0v) is 8.50. The zero-order chi connectivity index (χ0) is 3.58. The molecule has 0 fully saturated rings. The Bertz CT molecular complexity index is 34.6. The fourth-order valence-electron chi connectivity index (χ4n) is 0. The molecule has 0 heterocycles. The molecule has 0 saturated heterocycles. The maximum absolute atomic E-state index is 9.00. The van der Waals surface area contributed by atoms with Crippen LogP contribution in [-0.2, 0) is 4.79 Å². The van der Waals surface area contributed by atoms with E-state index in [4.69, 9.17) is 9.90 Å². The summed E-state index contributed by atoms with van der Waals surface area (Å²) in [6, 6.07) is 0. The van der Waals surface area contributed by atoms with Crippen LogP contribution in [0.25, 0.3) is 0 Å². The summed E-state index contributed by atoms with van der Waals surface area (Å²) in [4.78, 5) is 9.00. The van der Waals surface area contributed by atoms with Gasteiger partial charge in [-0.15, -0.1) is 0 Å². The quantitative estimate of drug-likeness (QED) is 0.474. The second-order valence-corrected chi connectivity index (χ2v) is 0.519. The molecule has 0 saturated carbocycles. The molecule has 11 N–H and O–H groups in total. The van der Waals surface area contributed by atoms with Gasteiger partial charge in [0.2, 0.25) is 0 Å². The summed E-state index contributed by atoms with van der Waals surface area (Å²) in [6.07, 6.45) is 0. The fourth-order valence-corrected chi connectivity index (χ4v) is 0. The van der Waals surface area contributed by atoms with Crippen molar-refractivity contribution in [3.63, 3.8) is 0 Å². The molecule has 7 nitrogen and oxygen atoms in total. The van der Waals surface area contributed by atoms with E-state index in [0.717, 1.165) is 6.92 Å². The molecule has 0 atom stereocenters. The Morgan fingerprint density at radius 2 is 1.00 bits per heavy atom. The first-order valence-corrected chi connectivity index (χ1v) is 0.928. The van der Waals surface area contributed by atoms with Crippen molar-refractivity contribution in [2.75, 3.05) is 0 Å². The van der Waals surface area contributed by atoms with Crippen LogP contribution in [0.4, 0.5) is 0 Å². The summed E-state index contributed by atoms with van der Waals surface area (Å²) in [7, 11) is 0. The second kappa shape index (κ2) is 54.2. The van der Waals surface area contributed by atoms with Gasteiger partial charge in [0.05, 0.1) is 0 Å². The molecule has 0 aromatic heterocycles. The Morgan fingerprint density at radius 3 is 1.00 bits per heavy atom. The van der Waals surface area contributed by atoms with E-state index >= 15 is 0 Å². The van der Waals surface area contributed by atoms with Gasteiger partial charge in [-0.1, -0.05) is 0 Å². The molecule has 0 aliphatic rings. The van der Waals surface area contributed by atoms with Gasteiger partial charge in [-0.2, -0.15) is 0 Å². The van der Waals surface area contributed by atoms with Crippen LogP contribution in [-0.4, -0.2) is 38.5 Å². The SMILES string of the molecule is CC(=O)O.O.O.O.O.O.[Ce]. The van der Waals surface area contributed by atoms with Gasteiger partial charge in [0.15, 0.2) is 0 Å². The van der Waals surface area contributed by atoms with E-state index in [0.29, 0.717) is 0 Å². The number of carboxylic acids is 1. The molecule has 68 valence electrons. The molecule has 0 rings (SSSR count). The monoisotopic (exact) mass is 290 g/mol. The van der Waals surface area contributed by atoms with Crippen LogP contribution in [0.1, 0.15) is 6.92 Å². The maximum Gasteiger partial charge on any atom is 0.300 e. The van der Waals surface area contributed by atoms with E-state index in [1.807, 2.05) is 0 Å². The van der Waals surface area contributed by atoms with E-state index in [9.17, 15) is 0 Å². The van der Waals surface area contributed by atoms with Crippen molar-refractivity contribution in [2.45, 2.75) is 6.92 Å². The van der Waals surface area contributed by atoms with Crippen molar-refractivity contribution in [3.05, 3.63) is 0 Å². The number of hydrogen-bond acceptors (Lipinski definition) is 1. The van der Waals surface area contributed by atoms with Crippen molar-refractivity contribution in [1.29, 1.82) is 0 Å². The van der Waals surface area contributed by atoms with E-state index in [1.165, 1.54) is 0 Å². The standard InChI is InChI=1S/C2H4O2.Ce.5H2O/c1-2(3)4;;;;;;/h1H3,(H,3,4);;5*1H2. The predicted molar refractivity (Wildman–Crippen MR) is 31.4 cm³/mol.